The molecule has 134 valence electrons. The Morgan fingerprint density at radius 1 is 0.577 bits per heavy atom. The summed E-state index contributed by atoms with van der Waals surface area (Å²) < 4.78 is 14.4. The lowest BCUT2D eigenvalue weighted by atomic mass is 10.0. The molecule has 0 aliphatic carbocycles. The van der Waals surface area contributed by atoms with Gasteiger partial charge in [0.1, 0.15) is 7.14 Å². The molecule has 3 rings (SSSR count). The standard InChI is InChI=1S/C24H27OP/c1-18-10-8-11-19(2)23(18)16-26(25,22-14-6-5-7-15-22)17-24-20(3)12-9-13-21(24)4/h5-15H,16-17H2,1-4H3. The van der Waals surface area contributed by atoms with E-state index in [-0.39, 0.29) is 0 Å². The van der Waals surface area contributed by atoms with E-state index in [0.29, 0.717) is 12.3 Å². The number of aryl methyl sites for hydroxylation is 4. The van der Waals surface area contributed by atoms with E-state index >= 15 is 0 Å². The van der Waals surface area contributed by atoms with Crippen LogP contribution in [0.4, 0.5) is 0 Å². The van der Waals surface area contributed by atoms with Crippen molar-refractivity contribution < 1.29 is 4.57 Å². The molecule has 1 nitrogen and oxygen atoms in total. The highest BCUT2D eigenvalue weighted by molar-refractivity contribution is 7.70. The third kappa shape index (κ3) is 3.84. The minimum absolute atomic E-state index is 0.614. The second kappa shape index (κ2) is 7.64. The summed E-state index contributed by atoms with van der Waals surface area (Å²) in [6.45, 7) is 8.49. The van der Waals surface area contributed by atoms with Crippen LogP contribution in [0.2, 0.25) is 0 Å². The average Bonchev–Trinajstić information content (AvgIpc) is 2.62. The van der Waals surface area contributed by atoms with Gasteiger partial charge in [0, 0.05) is 17.6 Å². The van der Waals surface area contributed by atoms with Gasteiger partial charge in [0.05, 0.1) is 0 Å². The van der Waals surface area contributed by atoms with Gasteiger partial charge in [-0.2, -0.15) is 0 Å². The summed E-state index contributed by atoms with van der Waals surface area (Å²) >= 11 is 0. The van der Waals surface area contributed by atoms with Crippen molar-refractivity contribution in [2.45, 2.75) is 40.0 Å². The van der Waals surface area contributed by atoms with Crippen molar-refractivity contribution in [3.63, 3.8) is 0 Å². The van der Waals surface area contributed by atoms with Crippen molar-refractivity contribution in [2.24, 2.45) is 0 Å². The fourth-order valence-electron chi connectivity index (χ4n) is 3.65. The third-order valence-electron chi connectivity index (χ3n) is 5.34. The molecule has 0 saturated carbocycles. The van der Waals surface area contributed by atoms with Gasteiger partial charge in [-0.15, -0.1) is 0 Å². The van der Waals surface area contributed by atoms with E-state index in [4.69, 9.17) is 0 Å². The summed E-state index contributed by atoms with van der Waals surface area (Å²) in [6.07, 6.45) is 1.23. The van der Waals surface area contributed by atoms with Crippen molar-refractivity contribution in [3.8, 4) is 0 Å². The Labute approximate surface area is 157 Å². The smallest absolute Gasteiger partial charge is 0.124 e. The predicted molar refractivity (Wildman–Crippen MR) is 113 cm³/mol. The first-order valence-electron chi connectivity index (χ1n) is 9.14. The number of hydrogen-bond donors (Lipinski definition) is 0. The molecule has 0 amide bonds. The molecule has 0 saturated heterocycles. The topological polar surface area (TPSA) is 17.1 Å². The molecule has 0 unspecified atom stereocenters. The van der Waals surface area contributed by atoms with Crippen LogP contribution < -0.4 is 5.30 Å². The summed E-state index contributed by atoms with van der Waals surface area (Å²) in [5.74, 6) is 0. The lowest BCUT2D eigenvalue weighted by Crippen LogP contribution is -2.11. The maximum atomic E-state index is 14.4. The molecular formula is C24H27OP. The summed E-state index contributed by atoms with van der Waals surface area (Å²) in [5.41, 5.74) is 7.35. The predicted octanol–water partition coefficient (Wildman–Crippen LogP) is 6.31. The second-order valence-electron chi connectivity index (χ2n) is 7.28. The maximum absolute atomic E-state index is 14.4. The largest absolute Gasteiger partial charge is 0.318 e. The van der Waals surface area contributed by atoms with Crippen molar-refractivity contribution in [3.05, 3.63) is 100 Å². The van der Waals surface area contributed by atoms with Gasteiger partial charge in [-0.1, -0.05) is 66.7 Å². The molecule has 26 heavy (non-hydrogen) atoms. The highest BCUT2D eigenvalue weighted by Gasteiger charge is 2.28. The van der Waals surface area contributed by atoms with E-state index < -0.39 is 7.14 Å². The fraction of sp³-hybridized carbons (Fsp3) is 0.250. The van der Waals surface area contributed by atoms with Gasteiger partial charge in [-0.25, -0.2) is 0 Å². The van der Waals surface area contributed by atoms with Crippen LogP contribution in [-0.4, -0.2) is 0 Å². The van der Waals surface area contributed by atoms with Crippen LogP contribution in [-0.2, 0) is 16.9 Å². The van der Waals surface area contributed by atoms with Crippen LogP contribution in [0.5, 0.6) is 0 Å². The molecule has 0 N–H and O–H groups in total. The highest BCUT2D eigenvalue weighted by atomic mass is 31.2. The van der Waals surface area contributed by atoms with Crippen LogP contribution in [0.25, 0.3) is 0 Å². The molecule has 3 aromatic carbocycles. The van der Waals surface area contributed by atoms with Crippen LogP contribution >= 0.6 is 7.14 Å². The molecule has 0 atom stereocenters. The summed E-state index contributed by atoms with van der Waals surface area (Å²) in [5, 5.41) is 0.977. The molecule has 0 fully saturated rings. The quantitative estimate of drug-likeness (QED) is 0.486. The van der Waals surface area contributed by atoms with Crippen molar-refractivity contribution in [1.29, 1.82) is 0 Å². The first-order chi connectivity index (χ1) is 12.4. The zero-order chi connectivity index (χ0) is 18.7. The normalized spacial score (nSPS) is 11.5. The van der Waals surface area contributed by atoms with E-state index in [1.165, 1.54) is 33.4 Å². The minimum Gasteiger partial charge on any atom is -0.318 e. The fourth-order valence-corrected chi connectivity index (χ4v) is 6.86. The SMILES string of the molecule is Cc1cccc(C)c1CP(=O)(Cc1c(C)cccc1C)c1ccccc1. The molecule has 0 radical (unpaired) electrons. The Balaban J connectivity index is 2.11. The lowest BCUT2D eigenvalue weighted by Gasteiger charge is -2.23. The van der Waals surface area contributed by atoms with Crippen LogP contribution in [0, 0.1) is 27.7 Å². The van der Waals surface area contributed by atoms with Gasteiger partial charge >= 0.3 is 0 Å². The van der Waals surface area contributed by atoms with E-state index in [2.05, 4.69) is 64.1 Å². The lowest BCUT2D eigenvalue weighted by molar-refractivity contribution is 0.579. The second-order valence-corrected chi connectivity index (χ2v) is 10.2. The highest BCUT2D eigenvalue weighted by Crippen LogP contribution is 2.52. The van der Waals surface area contributed by atoms with Crippen molar-refractivity contribution >= 4 is 12.4 Å². The van der Waals surface area contributed by atoms with E-state index in [1.54, 1.807) is 0 Å². The zero-order valence-corrected chi connectivity index (χ0v) is 17.0. The molecule has 2 heteroatoms. The van der Waals surface area contributed by atoms with Gasteiger partial charge in [0.25, 0.3) is 0 Å². The molecule has 0 bridgehead atoms. The molecule has 0 spiro atoms. The Morgan fingerprint density at radius 3 is 1.35 bits per heavy atom. The molecule has 0 aliphatic rings. The van der Waals surface area contributed by atoms with Gasteiger partial charge in [-0.05, 0) is 61.1 Å². The van der Waals surface area contributed by atoms with Gasteiger partial charge in [0.15, 0.2) is 0 Å². The molecule has 0 heterocycles. The van der Waals surface area contributed by atoms with Crippen molar-refractivity contribution in [1.82, 2.24) is 0 Å². The Kier molecular flexibility index (Phi) is 5.49. The minimum atomic E-state index is -2.62. The number of hydrogen-bond acceptors (Lipinski definition) is 1. The van der Waals surface area contributed by atoms with Gasteiger partial charge in [0.2, 0.25) is 0 Å². The number of benzene rings is 3. The van der Waals surface area contributed by atoms with Crippen LogP contribution in [0.15, 0.2) is 66.7 Å². The molecule has 0 aliphatic heterocycles. The average molecular weight is 362 g/mol. The zero-order valence-electron chi connectivity index (χ0n) is 16.1. The molecule has 0 aromatic heterocycles. The van der Waals surface area contributed by atoms with E-state index in [0.717, 1.165) is 5.30 Å². The summed E-state index contributed by atoms with van der Waals surface area (Å²) in [7, 11) is -2.62. The monoisotopic (exact) mass is 362 g/mol. The van der Waals surface area contributed by atoms with Crippen LogP contribution in [0.1, 0.15) is 33.4 Å². The van der Waals surface area contributed by atoms with E-state index in [9.17, 15) is 4.57 Å². The third-order valence-corrected chi connectivity index (χ3v) is 8.24. The Bertz CT molecular complexity index is 859. The number of rotatable bonds is 5. The van der Waals surface area contributed by atoms with Crippen LogP contribution in [0.3, 0.4) is 0 Å². The Morgan fingerprint density at radius 2 is 0.962 bits per heavy atom. The first kappa shape index (κ1) is 18.7. The summed E-state index contributed by atoms with van der Waals surface area (Å²) in [6, 6.07) is 22.7. The van der Waals surface area contributed by atoms with Crippen molar-refractivity contribution in [2.75, 3.05) is 0 Å². The summed E-state index contributed by atoms with van der Waals surface area (Å²) in [4.78, 5) is 0. The molecule has 3 aromatic rings. The first-order valence-corrected chi connectivity index (χ1v) is 11.2. The van der Waals surface area contributed by atoms with E-state index in [1.807, 2.05) is 30.3 Å². The molecular weight excluding hydrogens is 335 g/mol. The van der Waals surface area contributed by atoms with Gasteiger partial charge in [-0.3, -0.25) is 0 Å². The Hall–Kier alpha value is -2.11. The maximum Gasteiger partial charge on any atom is 0.124 e. The van der Waals surface area contributed by atoms with Gasteiger partial charge < -0.3 is 4.57 Å².